The van der Waals surface area contributed by atoms with Crippen LogP contribution in [0.2, 0.25) is 5.02 Å². The molecule has 0 saturated carbocycles. The lowest BCUT2D eigenvalue weighted by atomic mass is 10.2. The molecule has 0 aliphatic rings. The molecule has 0 spiro atoms. The van der Waals surface area contributed by atoms with E-state index in [0.29, 0.717) is 28.4 Å². The lowest BCUT2D eigenvalue weighted by molar-refractivity contribution is -0.121. The fourth-order valence-corrected chi connectivity index (χ4v) is 2.79. The molecule has 9 heteroatoms. The number of nitrogens with one attached hydrogen (secondary N) is 2. The highest BCUT2D eigenvalue weighted by atomic mass is 79.9. The molecule has 0 atom stereocenters. The van der Waals surface area contributed by atoms with Gasteiger partial charge in [0.25, 0.3) is 0 Å². The van der Waals surface area contributed by atoms with Crippen LogP contribution in [-0.2, 0) is 22.7 Å². The smallest absolute Gasteiger partial charge is 0.408 e. The van der Waals surface area contributed by atoms with Gasteiger partial charge in [0.05, 0.1) is 10.8 Å². The summed E-state index contributed by atoms with van der Waals surface area (Å²) in [5, 5.41) is 6.13. The summed E-state index contributed by atoms with van der Waals surface area (Å²) < 4.78 is 6.35. The van der Waals surface area contributed by atoms with E-state index in [1.54, 1.807) is 36.4 Å². The predicted molar refractivity (Wildman–Crippen MR) is 106 cm³/mol. The second-order valence-corrected chi connectivity index (χ2v) is 6.72. The lowest BCUT2D eigenvalue weighted by Crippen LogP contribution is -2.30. The van der Waals surface area contributed by atoms with E-state index in [4.69, 9.17) is 16.0 Å². The Balaban J connectivity index is 1.61. The molecular weight excluding hydrogens is 438 g/mol. The monoisotopic (exact) mass is 451 g/mol. The van der Waals surface area contributed by atoms with Crippen molar-refractivity contribution in [2.75, 3.05) is 10.6 Å². The number of oxazole rings is 1. The summed E-state index contributed by atoms with van der Waals surface area (Å²) in [6, 6.07) is 11.9. The predicted octanol–water partition coefficient (Wildman–Crippen LogP) is 2.90. The van der Waals surface area contributed by atoms with Crippen LogP contribution in [0.15, 0.2) is 51.7 Å². The maximum atomic E-state index is 12.2. The van der Waals surface area contributed by atoms with E-state index in [2.05, 4.69) is 26.6 Å². The normalized spacial score (nSPS) is 10.7. The summed E-state index contributed by atoms with van der Waals surface area (Å²) in [6.45, 7) is 0.134. The number of hydrogen-bond donors (Lipinski definition) is 2. The van der Waals surface area contributed by atoms with Crippen molar-refractivity contribution in [1.82, 2.24) is 9.88 Å². The molecule has 0 fully saturated rings. The molecule has 7 nitrogen and oxygen atoms in total. The molecule has 1 aromatic heterocycles. The minimum Gasteiger partial charge on any atom is -0.408 e. The van der Waals surface area contributed by atoms with Crippen LogP contribution in [0.4, 0.5) is 5.69 Å². The van der Waals surface area contributed by atoms with Crippen LogP contribution in [0.3, 0.4) is 0 Å². The first-order chi connectivity index (χ1) is 13.0. The molecule has 0 aliphatic carbocycles. The van der Waals surface area contributed by atoms with Crippen molar-refractivity contribution >= 4 is 56.1 Å². The fourth-order valence-electron chi connectivity index (χ4n) is 2.49. The number of carbonyl (C=O) groups is 2. The Labute approximate surface area is 167 Å². The van der Waals surface area contributed by atoms with Gasteiger partial charge in [-0.05, 0) is 29.8 Å². The molecule has 0 unspecified atom stereocenters. The van der Waals surface area contributed by atoms with Gasteiger partial charge in [-0.1, -0.05) is 39.7 Å². The first-order valence-electron chi connectivity index (χ1n) is 7.96. The van der Waals surface area contributed by atoms with E-state index < -0.39 is 5.76 Å². The van der Waals surface area contributed by atoms with Crippen molar-refractivity contribution in [2.24, 2.45) is 0 Å². The molecule has 0 aliphatic heterocycles. The number of benzene rings is 2. The van der Waals surface area contributed by atoms with Crippen molar-refractivity contribution in [2.45, 2.75) is 13.1 Å². The van der Waals surface area contributed by atoms with E-state index in [1.165, 1.54) is 10.6 Å². The van der Waals surface area contributed by atoms with Crippen molar-refractivity contribution in [3.8, 4) is 0 Å². The molecule has 2 aromatic carbocycles. The molecule has 0 bridgehead atoms. The number of amides is 2. The van der Waals surface area contributed by atoms with Crippen LogP contribution >= 0.6 is 27.5 Å². The van der Waals surface area contributed by atoms with Gasteiger partial charge in [-0.2, -0.15) is 0 Å². The van der Waals surface area contributed by atoms with E-state index in [9.17, 15) is 14.4 Å². The zero-order chi connectivity index (χ0) is 19.4. The Hall–Kier alpha value is -2.58. The van der Waals surface area contributed by atoms with Crippen LogP contribution in [0.1, 0.15) is 5.56 Å². The molecule has 0 radical (unpaired) electrons. The molecule has 27 heavy (non-hydrogen) atoms. The van der Waals surface area contributed by atoms with Gasteiger partial charge >= 0.3 is 5.76 Å². The highest BCUT2D eigenvalue weighted by Gasteiger charge is 2.13. The Morgan fingerprint density at radius 1 is 1.11 bits per heavy atom. The van der Waals surface area contributed by atoms with Gasteiger partial charge < -0.3 is 15.1 Å². The highest BCUT2D eigenvalue weighted by molar-refractivity contribution is 9.09. The summed E-state index contributed by atoms with van der Waals surface area (Å²) in [5.74, 6) is -1.09. The molecule has 2 N–H and O–H groups in total. The lowest BCUT2D eigenvalue weighted by Gasteiger charge is -2.07. The van der Waals surface area contributed by atoms with Gasteiger partial charge in [0.2, 0.25) is 11.8 Å². The number of aromatic nitrogens is 1. The number of carbonyl (C=O) groups excluding carboxylic acids is 2. The third kappa shape index (κ3) is 4.78. The number of halogens is 2. The maximum absolute atomic E-state index is 12.2. The van der Waals surface area contributed by atoms with Gasteiger partial charge in [-0.25, -0.2) is 4.79 Å². The maximum Gasteiger partial charge on any atom is 0.420 e. The van der Waals surface area contributed by atoms with E-state index in [1.807, 2.05) is 0 Å². The Bertz CT molecular complexity index is 1040. The largest absolute Gasteiger partial charge is 0.420 e. The molecule has 1 heterocycles. The Kier molecular flexibility index (Phi) is 5.98. The van der Waals surface area contributed by atoms with Gasteiger partial charge in [0.1, 0.15) is 6.54 Å². The number of hydrogen-bond acceptors (Lipinski definition) is 4. The number of anilines is 1. The van der Waals surface area contributed by atoms with E-state index in [0.717, 1.165) is 5.56 Å². The summed E-state index contributed by atoms with van der Waals surface area (Å²) in [5.41, 5.74) is 2.37. The quantitative estimate of drug-likeness (QED) is 0.562. The molecule has 140 valence electrons. The second-order valence-electron chi connectivity index (χ2n) is 5.72. The third-order valence-electron chi connectivity index (χ3n) is 3.78. The Morgan fingerprint density at radius 2 is 1.85 bits per heavy atom. The molecule has 3 rings (SSSR count). The molecule has 0 saturated heterocycles. The van der Waals surface area contributed by atoms with E-state index >= 15 is 0 Å². The van der Waals surface area contributed by atoms with Gasteiger partial charge in [0, 0.05) is 23.3 Å². The van der Waals surface area contributed by atoms with Crippen molar-refractivity contribution < 1.29 is 14.0 Å². The minimum atomic E-state index is -0.616. The topological polar surface area (TPSA) is 93.3 Å². The summed E-state index contributed by atoms with van der Waals surface area (Å²) in [4.78, 5) is 35.5. The van der Waals surface area contributed by atoms with Crippen molar-refractivity contribution in [1.29, 1.82) is 0 Å². The SMILES string of the molecule is O=C(Cn1c(=O)oc2cc(Cl)ccc21)NCc1ccc(NC(=O)CBr)cc1. The van der Waals surface area contributed by atoms with Crippen LogP contribution in [0.5, 0.6) is 0 Å². The van der Waals surface area contributed by atoms with Crippen LogP contribution in [0.25, 0.3) is 11.1 Å². The van der Waals surface area contributed by atoms with Crippen LogP contribution < -0.4 is 16.4 Å². The molecule has 2 amide bonds. The van der Waals surface area contributed by atoms with Crippen molar-refractivity contribution in [3.63, 3.8) is 0 Å². The number of nitrogens with zero attached hydrogens (tertiary/aromatic N) is 1. The third-order valence-corrected chi connectivity index (χ3v) is 4.53. The van der Waals surface area contributed by atoms with Crippen molar-refractivity contribution in [3.05, 3.63) is 63.6 Å². The zero-order valence-corrected chi connectivity index (χ0v) is 16.3. The highest BCUT2D eigenvalue weighted by Crippen LogP contribution is 2.18. The molecule has 3 aromatic rings. The average Bonchev–Trinajstić information content (AvgIpc) is 2.95. The summed E-state index contributed by atoms with van der Waals surface area (Å²) >= 11 is 8.95. The van der Waals surface area contributed by atoms with E-state index in [-0.39, 0.29) is 23.7 Å². The molecular formula is C18H15BrClN3O4. The van der Waals surface area contributed by atoms with Gasteiger partial charge in [0.15, 0.2) is 5.58 Å². The Morgan fingerprint density at radius 3 is 2.56 bits per heavy atom. The first-order valence-corrected chi connectivity index (χ1v) is 9.46. The first kappa shape index (κ1) is 19.2. The second kappa shape index (κ2) is 8.41. The average molecular weight is 453 g/mol. The minimum absolute atomic E-state index is 0.143. The fraction of sp³-hybridized carbons (Fsp3) is 0.167. The number of fused-ring (bicyclic) bond motifs is 1. The van der Waals surface area contributed by atoms with Crippen LogP contribution in [0, 0.1) is 0 Å². The standard InChI is InChI=1S/C18H15BrClN3O4/c19-8-16(24)22-13-4-1-11(2-5-13)9-21-17(25)10-23-14-6-3-12(20)7-15(14)27-18(23)26/h1-7H,8-10H2,(H,21,25)(H,22,24). The summed E-state index contributed by atoms with van der Waals surface area (Å²) in [7, 11) is 0. The number of alkyl halides is 1. The zero-order valence-electron chi connectivity index (χ0n) is 14.0. The van der Waals surface area contributed by atoms with Gasteiger partial charge in [-0.3, -0.25) is 14.2 Å². The van der Waals surface area contributed by atoms with Gasteiger partial charge in [-0.15, -0.1) is 0 Å². The number of rotatable bonds is 6. The summed E-state index contributed by atoms with van der Waals surface area (Å²) in [6.07, 6.45) is 0. The van der Waals surface area contributed by atoms with Crippen LogP contribution in [-0.4, -0.2) is 21.7 Å².